The predicted molar refractivity (Wildman–Crippen MR) is 143 cm³/mol. The first kappa shape index (κ1) is 23.5. The van der Waals surface area contributed by atoms with E-state index >= 15 is 0 Å². The molecule has 0 saturated heterocycles. The number of carbonyl (C=O) groups is 2. The van der Waals surface area contributed by atoms with E-state index in [1.54, 1.807) is 36.5 Å². The number of fused-ring (bicyclic) bond motifs is 2. The molecule has 2 amide bonds. The largest absolute Gasteiger partial charge is 0.455 e. The Morgan fingerprint density at radius 2 is 1.53 bits per heavy atom. The van der Waals surface area contributed by atoms with Gasteiger partial charge in [-0.3, -0.25) is 9.59 Å². The van der Waals surface area contributed by atoms with Crippen molar-refractivity contribution in [1.29, 1.82) is 0 Å². The summed E-state index contributed by atoms with van der Waals surface area (Å²) in [4.78, 5) is 30.2. The Bertz CT molecular complexity index is 1520. The van der Waals surface area contributed by atoms with E-state index in [0.717, 1.165) is 16.9 Å². The molecule has 1 aliphatic heterocycles. The lowest BCUT2D eigenvalue weighted by Gasteiger charge is -2.16. The third-order valence-corrected chi connectivity index (χ3v) is 6.70. The standard InChI is InChI=1S/C29H24FN5O3/c30-19-5-7-20(8-6-19)33-27(36)29(14-15-29)28(37)34-21-9-11-22(12-10-21)38-24-13-16-31-26-25(24)32-17-18-3-1-2-4-23(18)35-26/h1-13,16,32H,14-15,17H2,(H,31,35)(H,33,36)(H,34,37). The zero-order chi connectivity index (χ0) is 26.1. The highest BCUT2D eigenvalue weighted by atomic mass is 19.1. The van der Waals surface area contributed by atoms with Gasteiger partial charge in [0, 0.05) is 35.9 Å². The summed E-state index contributed by atoms with van der Waals surface area (Å²) < 4.78 is 19.3. The molecule has 4 aromatic rings. The van der Waals surface area contributed by atoms with E-state index in [-0.39, 0.29) is 5.91 Å². The van der Waals surface area contributed by atoms with Crippen LogP contribution in [-0.2, 0) is 16.1 Å². The van der Waals surface area contributed by atoms with Gasteiger partial charge in [0.1, 0.15) is 22.7 Å². The van der Waals surface area contributed by atoms with E-state index in [4.69, 9.17) is 4.74 Å². The van der Waals surface area contributed by atoms with Gasteiger partial charge in [0.15, 0.2) is 11.6 Å². The second kappa shape index (κ2) is 9.51. The molecule has 2 heterocycles. The molecule has 1 aromatic heterocycles. The molecule has 1 fully saturated rings. The number of para-hydroxylation sites is 1. The first-order valence-electron chi connectivity index (χ1n) is 12.2. The molecule has 1 saturated carbocycles. The molecule has 0 atom stereocenters. The molecular formula is C29H24FN5O3. The summed E-state index contributed by atoms with van der Waals surface area (Å²) in [6.45, 7) is 0.625. The number of nitrogens with zero attached hydrogens (tertiary/aromatic N) is 1. The average molecular weight is 510 g/mol. The molecule has 38 heavy (non-hydrogen) atoms. The zero-order valence-corrected chi connectivity index (χ0v) is 20.3. The molecule has 190 valence electrons. The molecule has 9 heteroatoms. The van der Waals surface area contributed by atoms with Crippen LogP contribution in [0.3, 0.4) is 0 Å². The summed E-state index contributed by atoms with van der Waals surface area (Å²) in [6.07, 6.45) is 2.58. The first-order valence-corrected chi connectivity index (χ1v) is 12.2. The maximum atomic E-state index is 13.1. The second-order valence-electron chi connectivity index (χ2n) is 9.29. The van der Waals surface area contributed by atoms with Gasteiger partial charge in [-0.25, -0.2) is 9.37 Å². The maximum Gasteiger partial charge on any atom is 0.240 e. The lowest BCUT2D eigenvalue weighted by atomic mass is 10.0. The van der Waals surface area contributed by atoms with E-state index in [2.05, 4.69) is 26.3 Å². The molecule has 0 unspecified atom stereocenters. The molecule has 1 aliphatic carbocycles. The Morgan fingerprint density at radius 1 is 0.868 bits per heavy atom. The number of hydrogen-bond donors (Lipinski definition) is 4. The van der Waals surface area contributed by atoms with Crippen molar-refractivity contribution in [3.8, 4) is 11.5 Å². The Balaban J connectivity index is 1.11. The van der Waals surface area contributed by atoms with Crippen molar-refractivity contribution in [3.63, 3.8) is 0 Å². The van der Waals surface area contributed by atoms with Gasteiger partial charge >= 0.3 is 0 Å². The number of rotatable bonds is 6. The minimum atomic E-state index is -1.13. The number of aromatic nitrogens is 1. The Hall–Kier alpha value is -4.92. The maximum absolute atomic E-state index is 13.1. The fourth-order valence-corrected chi connectivity index (χ4v) is 4.35. The van der Waals surface area contributed by atoms with Crippen LogP contribution in [0.4, 0.5) is 33.0 Å². The number of hydrogen-bond acceptors (Lipinski definition) is 6. The molecule has 8 nitrogen and oxygen atoms in total. The van der Waals surface area contributed by atoms with Gasteiger partial charge in [-0.2, -0.15) is 0 Å². The molecule has 0 bridgehead atoms. The smallest absolute Gasteiger partial charge is 0.240 e. The molecule has 0 spiro atoms. The monoisotopic (exact) mass is 509 g/mol. The van der Waals surface area contributed by atoms with Crippen LogP contribution in [-0.4, -0.2) is 16.8 Å². The van der Waals surface area contributed by atoms with Crippen LogP contribution < -0.4 is 26.0 Å². The molecule has 2 aliphatic rings. The van der Waals surface area contributed by atoms with E-state index in [0.29, 0.717) is 48.1 Å². The molecule has 3 aromatic carbocycles. The van der Waals surface area contributed by atoms with E-state index in [9.17, 15) is 14.0 Å². The van der Waals surface area contributed by atoms with Gasteiger partial charge < -0.3 is 26.0 Å². The number of ether oxygens (including phenoxy) is 1. The highest BCUT2D eigenvalue weighted by molar-refractivity contribution is 6.16. The zero-order valence-electron chi connectivity index (χ0n) is 20.3. The van der Waals surface area contributed by atoms with Crippen LogP contribution in [0.2, 0.25) is 0 Å². The lowest BCUT2D eigenvalue weighted by Crippen LogP contribution is -2.35. The van der Waals surface area contributed by atoms with Gasteiger partial charge in [-0.05, 0) is 73.0 Å². The number of anilines is 5. The summed E-state index contributed by atoms with van der Waals surface area (Å²) in [5.74, 6) is 0.692. The van der Waals surface area contributed by atoms with Crippen molar-refractivity contribution in [2.24, 2.45) is 5.41 Å². The summed E-state index contributed by atoms with van der Waals surface area (Å²) in [7, 11) is 0. The predicted octanol–water partition coefficient (Wildman–Crippen LogP) is 6.04. The molecule has 6 rings (SSSR count). The van der Waals surface area contributed by atoms with Crippen LogP contribution in [0.25, 0.3) is 0 Å². The highest BCUT2D eigenvalue weighted by Gasteiger charge is 2.56. The van der Waals surface area contributed by atoms with Gasteiger partial charge in [0.05, 0.1) is 0 Å². The van der Waals surface area contributed by atoms with Crippen molar-refractivity contribution in [2.45, 2.75) is 19.4 Å². The fraction of sp³-hybridized carbons (Fsp3) is 0.138. The Labute approximate surface area is 218 Å². The van der Waals surface area contributed by atoms with Gasteiger partial charge in [-0.1, -0.05) is 18.2 Å². The van der Waals surface area contributed by atoms with E-state index < -0.39 is 17.1 Å². The summed E-state index contributed by atoms with van der Waals surface area (Å²) in [5, 5.41) is 12.3. The van der Waals surface area contributed by atoms with Crippen molar-refractivity contribution >= 4 is 40.4 Å². The SMILES string of the molecule is O=C(Nc1ccc(F)cc1)C1(C(=O)Nc2ccc(Oc3ccnc4c3NCc3ccccc3N4)cc2)CC1. The van der Waals surface area contributed by atoms with Crippen LogP contribution in [0.5, 0.6) is 11.5 Å². The fourth-order valence-electron chi connectivity index (χ4n) is 4.35. The first-order chi connectivity index (χ1) is 18.5. The quantitative estimate of drug-likeness (QED) is 0.236. The van der Waals surface area contributed by atoms with Crippen molar-refractivity contribution in [2.75, 3.05) is 21.3 Å². The van der Waals surface area contributed by atoms with Gasteiger partial charge in [-0.15, -0.1) is 0 Å². The van der Waals surface area contributed by atoms with Crippen LogP contribution in [0.1, 0.15) is 18.4 Å². The van der Waals surface area contributed by atoms with Crippen LogP contribution in [0.15, 0.2) is 85.1 Å². The van der Waals surface area contributed by atoms with Crippen molar-refractivity contribution in [1.82, 2.24) is 4.98 Å². The van der Waals surface area contributed by atoms with Crippen LogP contribution >= 0.6 is 0 Å². The van der Waals surface area contributed by atoms with Crippen molar-refractivity contribution in [3.05, 3.63) is 96.4 Å². The number of amides is 2. The van der Waals surface area contributed by atoms with E-state index in [1.807, 2.05) is 24.3 Å². The average Bonchev–Trinajstić information content (AvgIpc) is 3.75. The number of halogens is 1. The number of nitrogens with one attached hydrogen (secondary N) is 4. The van der Waals surface area contributed by atoms with E-state index in [1.165, 1.54) is 24.3 Å². The highest BCUT2D eigenvalue weighted by Crippen LogP contribution is 2.47. The molecule has 4 N–H and O–H groups in total. The Morgan fingerprint density at radius 3 is 2.21 bits per heavy atom. The second-order valence-corrected chi connectivity index (χ2v) is 9.29. The Kier molecular flexibility index (Phi) is 5.88. The van der Waals surface area contributed by atoms with Gasteiger partial charge in [0.25, 0.3) is 0 Å². The van der Waals surface area contributed by atoms with Crippen LogP contribution in [0, 0.1) is 11.2 Å². The summed E-state index contributed by atoms with van der Waals surface area (Å²) in [6, 6.07) is 22.2. The number of pyridine rings is 1. The summed E-state index contributed by atoms with van der Waals surface area (Å²) >= 11 is 0. The third kappa shape index (κ3) is 4.61. The summed E-state index contributed by atoms with van der Waals surface area (Å²) in [5.41, 5.74) is 2.73. The normalized spacial score (nSPS) is 14.4. The minimum Gasteiger partial charge on any atom is -0.455 e. The third-order valence-electron chi connectivity index (χ3n) is 6.70. The topological polar surface area (TPSA) is 104 Å². The minimum absolute atomic E-state index is 0.375. The van der Waals surface area contributed by atoms with Gasteiger partial charge in [0.2, 0.25) is 11.8 Å². The number of carbonyl (C=O) groups excluding carboxylic acids is 2. The molecular weight excluding hydrogens is 485 g/mol. The van der Waals surface area contributed by atoms with Crippen molar-refractivity contribution < 1.29 is 18.7 Å². The number of benzene rings is 3. The lowest BCUT2D eigenvalue weighted by molar-refractivity contribution is -0.131. The molecule has 0 radical (unpaired) electrons.